The Labute approximate surface area is 185 Å². The molecule has 1 atom stereocenters. The number of nitriles is 1. The predicted octanol–water partition coefficient (Wildman–Crippen LogP) is 4.06. The highest BCUT2D eigenvalue weighted by Gasteiger charge is 2.38. The van der Waals surface area contributed by atoms with Gasteiger partial charge in [0.15, 0.2) is 0 Å². The molecular weight excluding hydrogens is 404 g/mol. The van der Waals surface area contributed by atoms with Gasteiger partial charge in [0.25, 0.3) is 6.02 Å². The van der Waals surface area contributed by atoms with E-state index in [1.807, 2.05) is 42.6 Å². The molecule has 3 heterocycles. The van der Waals surface area contributed by atoms with Crippen LogP contribution in [-0.2, 0) is 14.9 Å². The molecule has 0 saturated carbocycles. The van der Waals surface area contributed by atoms with Crippen LogP contribution >= 0.6 is 0 Å². The van der Waals surface area contributed by atoms with Gasteiger partial charge < -0.3 is 19.9 Å². The topological polar surface area (TPSA) is 114 Å². The number of fused-ring (bicyclic) bond motifs is 2. The smallest absolute Gasteiger partial charge is 0.279 e. The van der Waals surface area contributed by atoms with E-state index in [1.54, 1.807) is 6.07 Å². The molecule has 1 saturated heterocycles. The fourth-order valence-corrected chi connectivity index (χ4v) is 4.20. The molecule has 0 spiro atoms. The Bertz CT molecular complexity index is 1260. The number of hydrogen-bond donors (Lipinski definition) is 2. The molecule has 2 aliphatic heterocycles. The number of nitrogens with two attached hydrogens (primary N) is 1. The first-order valence-corrected chi connectivity index (χ1v) is 10.3. The number of aromatic nitrogens is 1. The summed E-state index contributed by atoms with van der Waals surface area (Å²) in [6, 6.07) is 17.3. The normalized spacial score (nSPS) is 17.7. The van der Waals surface area contributed by atoms with Crippen LogP contribution < -0.4 is 10.5 Å². The zero-order chi connectivity index (χ0) is 22.3. The largest absolute Gasteiger partial charge is 0.465 e. The van der Waals surface area contributed by atoms with Gasteiger partial charge in [0.05, 0.1) is 30.8 Å². The van der Waals surface area contributed by atoms with Crippen molar-refractivity contribution in [2.45, 2.75) is 18.3 Å². The molecule has 0 aliphatic carbocycles. The Kier molecular flexibility index (Phi) is 4.80. The van der Waals surface area contributed by atoms with Crippen molar-refractivity contribution in [3.8, 4) is 28.8 Å². The van der Waals surface area contributed by atoms with Crippen molar-refractivity contribution >= 4 is 6.02 Å². The molecule has 1 fully saturated rings. The van der Waals surface area contributed by atoms with Crippen LogP contribution in [0.5, 0.6) is 11.6 Å². The first kappa shape index (κ1) is 20.0. The minimum atomic E-state index is -0.332. The van der Waals surface area contributed by atoms with Crippen LogP contribution in [0.15, 0.2) is 54.7 Å². The molecule has 3 N–H and O–H groups in total. The second-order valence-corrected chi connectivity index (χ2v) is 8.45. The zero-order valence-corrected chi connectivity index (χ0v) is 17.6. The zero-order valence-electron chi connectivity index (χ0n) is 17.6. The Hall–Kier alpha value is -3.89. The van der Waals surface area contributed by atoms with Crippen LogP contribution in [0.4, 0.5) is 0 Å². The van der Waals surface area contributed by atoms with Crippen molar-refractivity contribution in [3.05, 3.63) is 77.0 Å². The molecule has 1 unspecified atom stereocenters. The first-order chi connectivity index (χ1) is 15.5. The van der Waals surface area contributed by atoms with E-state index in [-0.39, 0.29) is 24.0 Å². The summed E-state index contributed by atoms with van der Waals surface area (Å²) in [5, 5.41) is 16.8. The molecule has 5 rings (SSSR count). The minimum Gasteiger partial charge on any atom is -0.465 e. The summed E-state index contributed by atoms with van der Waals surface area (Å²) in [5.74, 6) is 1.00. The summed E-state index contributed by atoms with van der Waals surface area (Å²) in [4.78, 5) is 4.59. The molecule has 7 nitrogen and oxygen atoms in total. The molecule has 32 heavy (non-hydrogen) atoms. The third-order valence-corrected chi connectivity index (χ3v) is 6.11. The maximum Gasteiger partial charge on any atom is 0.279 e. The van der Waals surface area contributed by atoms with Gasteiger partial charge in [0.2, 0.25) is 5.88 Å². The van der Waals surface area contributed by atoms with Crippen LogP contribution in [-0.4, -0.2) is 30.8 Å². The maximum atomic E-state index is 9.26. The fraction of sp³-hybridized carbons (Fsp3) is 0.240. The lowest BCUT2D eigenvalue weighted by molar-refractivity contribution is -0.0502. The van der Waals surface area contributed by atoms with E-state index < -0.39 is 0 Å². The number of nitrogens with zero attached hydrogens (tertiary/aromatic N) is 2. The van der Waals surface area contributed by atoms with Crippen LogP contribution in [0.3, 0.4) is 0 Å². The van der Waals surface area contributed by atoms with Crippen molar-refractivity contribution in [2.75, 3.05) is 19.8 Å². The molecule has 2 aromatic carbocycles. The summed E-state index contributed by atoms with van der Waals surface area (Å²) in [6.07, 6.45) is 1.84. The van der Waals surface area contributed by atoms with Crippen molar-refractivity contribution in [1.29, 1.82) is 10.7 Å². The highest BCUT2D eigenvalue weighted by Crippen LogP contribution is 2.46. The number of benzene rings is 2. The van der Waals surface area contributed by atoms with Crippen LogP contribution in [0, 0.1) is 16.7 Å². The Morgan fingerprint density at radius 3 is 2.75 bits per heavy atom. The van der Waals surface area contributed by atoms with E-state index in [4.69, 9.17) is 25.4 Å². The summed E-state index contributed by atoms with van der Waals surface area (Å²) >= 11 is 0. The fourth-order valence-electron chi connectivity index (χ4n) is 4.20. The summed E-state index contributed by atoms with van der Waals surface area (Å²) in [6.45, 7) is 3.65. The quantitative estimate of drug-likeness (QED) is 0.480. The van der Waals surface area contributed by atoms with Crippen molar-refractivity contribution < 1.29 is 14.2 Å². The highest BCUT2D eigenvalue weighted by molar-refractivity contribution is 5.70. The Morgan fingerprint density at radius 2 is 2.03 bits per heavy atom. The van der Waals surface area contributed by atoms with Gasteiger partial charge in [-0.1, -0.05) is 25.1 Å². The Balaban J connectivity index is 1.60. The van der Waals surface area contributed by atoms with Gasteiger partial charge >= 0.3 is 0 Å². The number of pyridine rings is 1. The van der Waals surface area contributed by atoms with Crippen molar-refractivity contribution in [3.63, 3.8) is 0 Å². The van der Waals surface area contributed by atoms with Crippen molar-refractivity contribution in [1.82, 2.24) is 4.98 Å². The number of rotatable bonds is 4. The van der Waals surface area contributed by atoms with Gasteiger partial charge in [-0.25, -0.2) is 4.98 Å². The predicted molar refractivity (Wildman–Crippen MR) is 119 cm³/mol. The second-order valence-electron chi connectivity index (χ2n) is 8.45. The van der Waals surface area contributed by atoms with Gasteiger partial charge in [-0.15, -0.1) is 0 Å². The van der Waals surface area contributed by atoms with Gasteiger partial charge in [0, 0.05) is 22.7 Å². The molecule has 0 radical (unpaired) electrons. The first-order valence-electron chi connectivity index (χ1n) is 10.3. The average molecular weight is 426 g/mol. The lowest BCUT2D eigenvalue weighted by Crippen LogP contribution is -2.44. The lowest BCUT2D eigenvalue weighted by atomic mass is 9.79. The molecule has 0 bridgehead atoms. The molecule has 3 aromatic rings. The van der Waals surface area contributed by atoms with E-state index in [0.717, 1.165) is 27.8 Å². The van der Waals surface area contributed by atoms with Gasteiger partial charge in [-0.05, 0) is 47.0 Å². The van der Waals surface area contributed by atoms with Crippen molar-refractivity contribution in [2.24, 2.45) is 5.73 Å². The second kappa shape index (κ2) is 7.66. The minimum absolute atomic E-state index is 0.0755. The van der Waals surface area contributed by atoms with E-state index in [0.29, 0.717) is 30.4 Å². The summed E-state index contributed by atoms with van der Waals surface area (Å²) in [7, 11) is 0. The van der Waals surface area contributed by atoms with Gasteiger partial charge in [0.1, 0.15) is 12.4 Å². The molecule has 1 aromatic heterocycles. The molecule has 7 heteroatoms. The van der Waals surface area contributed by atoms with E-state index in [9.17, 15) is 5.26 Å². The third kappa shape index (κ3) is 3.45. The molecular formula is C25H22N4O3. The van der Waals surface area contributed by atoms with Crippen LogP contribution in [0.1, 0.15) is 35.1 Å². The lowest BCUT2D eigenvalue weighted by Gasteiger charge is -2.39. The summed E-state index contributed by atoms with van der Waals surface area (Å²) in [5.41, 5.74) is 10.8. The van der Waals surface area contributed by atoms with Gasteiger partial charge in [-0.3, -0.25) is 5.41 Å². The number of hydrogen-bond acceptors (Lipinski definition) is 6. The van der Waals surface area contributed by atoms with Crippen LogP contribution in [0.25, 0.3) is 11.1 Å². The number of nitrogens with one attached hydrogen (secondary N) is 1. The molecule has 160 valence electrons. The molecule has 2 aliphatic rings. The van der Waals surface area contributed by atoms with Crippen LogP contribution in [0.2, 0.25) is 0 Å². The number of ether oxygens (including phenoxy) is 3. The standard InChI is InChI=1S/C25H22N4O3/c1-25(13-30-14-25)18-9-20-21(12-31-24(27)28)19-8-17(16-4-2-3-15(7-16)10-26)5-6-22(19)32-23(20)29-11-18/h2-9,11,21H,12-14H2,1H3,(H3,27,28). The van der Waals surface area contributed by atoms with E-state index in [2.05, 4.69) is 24.0 Å². The average Bonchev–Trinajstić information content (AvgIpc) is 2.79. The van der Waals surface area contributed by atoms with Gasteiger partial charge in [-0.2, -0.15) is 5.26 Å². The van der Waals surface area contributed by atoms with E-state index in [1.165, 1.54) is 0 Å². The third-order valence-electron chi connectivity index (χ3n) is 6.11. The monoisotopic (exact) mass is 426 g/mol. The van der Waals surface area contributed by atoms with E-state index >= 15 is 0 Å². The SMILES string of the molecule is CC1(c2cnc3c(c2)C(COC(=N)N)c2cc(-c4cccc(C#N)c4)ccc2O3)COC1. The maximum absolute atomic E-state index is 9.26. The highest BCUT2D eigenvalue weighted by atomic mass is 16.5. The summed E-state index contributed by atoms with van der Waals surface area (Å²) < 4.78 is 17.0. The Morgan fingerprint density at radius 1 is 1.22 bits per heavy atom. The number of amidine groups is 1. The molecule has 0 amide bonds.